The summed E-state index contributed by atoms with van der Waals surface area (Å²) in [5.74, 6) is 1.55. The molecule has 0 unspecified atom stereocenters. The third kappa shape index (κ3) is 4.84. The van der Waals surface area contributed by atoms with Crippen LogP contribution in [-0.2, 0) is 14.8 Å². The van der Waals surface area contributed by atoms with E-state index in [1.165, 1.54) is 16.4 Å². The molecule has 3 heterocycles. The molecule has 0 radical (unpaired) electrons. The lowest BCUT2D eigenvalue weighted by atomic mass is 10.2. The minimum Gasteiger partial charge on any atom is -0.491 e. The number of sulfonamides is 1. The zero-order valence-electron chi connectivity index (χ0n) is 18.9. The fourth-order valence-electron chi connectivity index (χ4n) is 4.31. The Morgan fingerprint density at radius 2 is 1.68 bits per heavy atom. The summed E-state index contributed by atoms with van der Waals surface area (Å²) in [6.07, 6.45) is 2.20. The Balaban J connectivity index is 1.17. The van der Waals surface area contributed by atoms with Gasteiger partial charge in [0.25, 0.3) is 5.91 Å². The molecule has 0 bridgehead atoms. The smallest absolute Gasteiger partial charge is 0.253 e. The Labute approximate surface area is 199 Å². The molecule has 0 aliphatic carbocycles. The molecule has 0 saturated carbocycles. The molecule has 3 aliphatic rings. The second-order valence-corrected chi connectivity index (χ2v) is 10.4. The molecule has 2 aromatic rings. The second-order valence-electron chi connectivity index (χ2n) is 8.47. The molecular formula is C24H28N2O7S. The largest absolute Gasteiger partial charge is 0.491 e. The van der Waals surface area contributed by atoms with Gasteiger partial charge in [-0.15, -0.1) is 0 Å². The van der Waals surface area contributed by atoms with Crippen molar-refractivity contribution in [2.24, 2.45) is 0 Å². The molecule has 9 nitrogen and oxygen atoms in total. The van der Waals surface area contributed by atoms with Gasteiger partial charge in [-0.25, -0.2) is 8.42 Å². The van der Waals surface area contributed by atoms with Crippen LogP contribution in [0.1, 0.15) is 23.2 Å². The number of hydrogen-bond donors (Lipinski definition) is 0. The van der Waals surface area contributed by atoms with E-state index in [9.17, 15) is 13.2 Å². The van der Waals surface area contributed by atoms with Crippen LogP contribution in [0, 0.1) is 0 Å². The Morgan fingerprint density at radius 3 is 2.38 bits per heavy atom. The standard InChI is InChI=1S/C24H28N2O7S/c27-24(18-3-5-19(6-4-18)33-17-20-2-1-13-30-20)25-9-11-26(12-10-25)34(28,29)21-7-8-22-23(16-21)32-15-14-31-22/h3-8,16,20H,1-2,9-15,17H2/t20-/m1/s1. The van der Waals surface area contributed by atoms with E-state index in [4.69, 9.17) is 18.9 Å². The number of ether oxygens (including phenoxy) is 4. The van der Waals surface area contributed by atoms with E-state index in [2.05, 4.69) is 0 Å². The molecule has 3 aliphatic heterocycles. The molecule has 0 spiro atoms. The summed E-state index contributed by atoms with van der Waals surface area (Å²) in [6.45, 7) is 3.22. The number of benzene rings is 2. The van der Waals surface area contributed by atoms with Crippen LogP contribution in [0.15, 0.2) is 47.4 Å². The van der Waals surface area contributed by atoms with Crippen LogP contribution < -0.4 is 14.2 Å². The number of carbonyl (C=O) groups is 1. The first-order chi connectivity index (χ1) is 16.5. The SMILES string of the molecule is O=C(c1ccc(OC[C@H]2CCCO2)cc1)N1CCN(S(=O)(=O)c2ccc3c(c2)OCCO3)CC1. The van der Waals surface area contributed by atoms with Crippen molar-refractivity contribution >= 4 is 15.9 Å². The highest BCUT2D eigenvalue weighted by molar-refractivity contribution is 7.89. The summed E-state index contributed by atoms with van der Waals surface area (Å²) in [5, 5.41) is 0. The lowest BCUT2D eigenvalue weighted by Crippen LogP contribution is -2.50. The topological polar surface area (TPSA) is 94.6 Å². The van der Waals surface area contributed by atoms with Crippen molar-refractivity contribution in [3.8, 4) is 17.2 Å². The number of fused-ring (bicyclic) bond motifs is 1. The molecule has 182 valence electrons. The summed E-state index contributed by atoms with van der Waals surface area (Å²) in [7, 11) is -3.70. The van der Waals surface area contributed by atoms with Crippen LogP contribution in [0.2, 0.25) is 0 Å². The fourth-order valence-corrected chi connectivity index (χ4v) is 5.74. The predicted molar refractivity (Wildman–Crippen MR) is 123 cm³/mol. The first kappa shape index (κ1) is 22.9. The molecule has 2 aromatic carbocycles. The van der Waals surface area contributed by atoms with Gasteiger partial charge in [-0.3, -0.25) is 4.79 Å². The molecule has 2 fully saturated rings. The van der Waals surface area contributed by atoms with Crippen molar-refractivity contribution in [1.82, 2.24) is 9.21 Å². The quantitative estimate of drug-likeness (QED) is 0.615. The van der Waals surface area contributed by atoms with Gasteiger partial charge in [-0.1, -0.05) is 0 Å². The van der Waals surface area contributed by atoms with Crippen LogP contribution in [0.5, 0.6) is 17.2 Å². The van der Waals surface area contributed by atoms with E-state index in [0.29, 0.717) is 55.7 Å². The summed E-state index contributed by atoms with van der Waals surface area (Å²) in [4.78, 5) is 14.8. The van der Waals surface area contributed by atoms with E-state index in [1.54, 1.807) is 35.2 Å². The normalized spacial score (nSPS) is 20.8. The van der Waals surface area contributed by atoms with Crippen LogP contribution in [0.4, 0.5) is 0 Å². The predicted octanol–water partition coefficient (Wildman–Crippen LogP) is 2.16. The maximum atomic E-state index is 13.1. The zero-order valence-corrected chi connectivity index (χ0v) is 19.7. The van der Waals surface area contributed by atoms with Gasteiger partial charge in [0.15, 0.2) is 11.5 Å². The van der Waals surface area contributed by atoms with Crippen molar-refractivity contribution in [1.29, 1.82) is 0 Å². The first-order valence-corrected chi connectivity index (χ1v) is 13.0. The molecule has 0 aromatic heterocycles. The summed E-state index contributed by atoms with van der Waals surface area (Å²) in [6, 6.07) is 11.7. The Bertz CT molecular complexity index is 1120. The summed E-state index contributed by atoms with van der Waals surface area (Å²) < 4.78 is 49.9. The molecule has 1 atom stereocenters. The highest BCUT2D eigenvalue weighted by atomic mass is 32.2. The number of piperazine rings is 1. The maximum absolute atomic E-state index is 13.1. The van der Waals surface area contributed by atoms with Gasteiger partial charge in [0.05, 0.1) is 11.0 Å². The average molecular weight is 489 g/mol. The number of hydrogen-bond acceptors (Lipinski definition) is 7. The Kier molecular flexibility index (Phi) is 6.62. The van der Waals surface area contributed by atoms with Gasteiger partial charge in [0.1, 0.15) is 25.6 Å². The first-order valence-electron chi connectivity index (χ1n) is 11.5. The number of nitrogens with zero attached hydrogens (tertiary/aromatic N) is 2. The van der Waals surface area contributed by atoms with E-state index in [0.717, 1.165) is 19.4 Å². The Hall–Kier alpha value is -2.82. The summed E-state index contributed by atoms with van der Waals surface area (Å²) >= 11 is 0. The van der Waals surface area contributed by atoms with Crippen LogP contribution in [0.3, 0.4) is 0 Å². The number of amides is 1. The molecule has 2 saturated heterocycles. The highest BCUT2D eigenvalue weighted by Gasteiger charge is 2.31. The minimum absolute atomic E-state index is 0.123. The van der Waals surface area contributed by atoms with Crippen molar-refractivity contribution in [2.45, 2.75) is 23.8 Å². The van der Waals surface area contributed by atoms with Gasteiger partial charge >= 0.3 is 0 Å². The van der Waals surface area contributed by atoms with Gasteiger partial charge < -0.3 is 23.8 Å². The van der Waals surface area contributed by atoms with Crippen LogP contribution in [0.25, 0.3) is 0 Å². The molecule has 34 heavy (non-hydrogen) atoms. The number of carbonyl (C=O) groups excluding carboxylic acids is 1. The minimum atomic E-state index is -3.70. The van der Waals surface area contributed by atoms with E-state index in [-0.39, 0.29) is 30.0 Å². The third-order valence-electron chi connectivity index (χ3n) is 6.24. The third-order valence-corrected chi connectivity index (χ3v) is 8.13. The van der Waals surface area contributed by atoms with Gasteiger partial charge in [0.2, 0.25) is 10.0 Å². The molecule has 5 rings (SSSR count). The molecular weight excluding hydrogens is 460 g/mol. The van der Waals surface area contributed by atoms with Crippen molar-refractivity contribution in [3.63, 3.8) is 0 Å². The lowest BCUT2D eigenvalue weighted by Gasteiger charge is -2.34. The molecule has 1 amide bonds. The Morgan fingerprint density at radius 1 is 0.941 bits per heavy atom. The molecule has 10 heteroatoms. The van der Waals surface area contributed by atoms with E-state index >= 15 is 0 Å². The zero-order chi connectivity index (χ0) is 23.5. The average Bonchev–Trinajstić information content (AvgIpc) is 3.41. The fraction of sp³-hybridized carbons (Fsp3) is 0.458. The van der Waals surface area contributed by atoms with Gasteiger partial charge in [0, 0.05) is 44.4 Å². The lowest BCUT2D eigenvalue weighted by molar-refractivity contribution is 0.0676. The highest BCUT2D eigenvalue weighted by Crippen LogP contribution is 2.33. The van der Waals surface area contributed by atoms with E-state index in [1.807, 2.05) is 0 Å². The monoisotopic (exact) mass is 488 g/mol. The number of rotatable bonds is 6. The summed E-state index contributed by atoms with van der Waals surface area (Å²) in [5.41, 5.74) is 0.549. The van der Waals surface area contributed by atoms with Crippen molar-refractivity contribution in [3.05, 3.63) is 48.0 Å². The molecule has 0 N–H and O–H groups in total. The van der Waals surface area contributed by atoms with Crippen molar-refractivity contribution in [2.75, 3.05) is 52.6 Å². The van der Waals surface area contributed by atoms with Crippen LogP contribution >= 0.6 is 0 Å². The van der Waals surface area contributed by atoms with E-state index < -0.39 is 10.0 Å². The van der Waals surface area contributed by atoms with Gasteiger partial charge in [-0.2, -0.15) is 4.31 Å². The van der Waals surface area contributed by atoms with Gasteiger partial charge in [-0.05, 0) is 49.2 Å². The second kappa shape index (κ2) is 9.81. The maximum Gasteiger partial charge on any atom is 0.253 e. The van der Waals surface area contributed by atoms with Crippen LogP contribution in [-0.4, -0.2) is 82.2 Å². The van der Waals surface area contributed by atoms with Crippen molar-refractivity contribution < 1.29 is 32.2 Å².